The molecule has 0 N–H and O–H groups in total. The van der Waals surface area contributed by atoms with Crippen molar-refractivity contribution in [1.82, 2.24) is 19.9 Å². The Morgan fingerprint density at radius 2 is 0.833 bits per heavy atom. The summed E-state index contributed by atoms with van der Waals surface area (Å²) in [6, 6.07) is 74.5. The molecule has 0 bridgehead atoms. The monoisotopic (exact) mass is 765 g/mol. The zero-order valence-corrected chi connectivity index (χ0v) is 32.4. The minimum Gasteiger partial charge on any atom is -0.228 e. The summed E-state index contributed by atoms with van der Waals surface area (Å²) in [5.74, 6) is 1.33. The molecule has 5 heteroatoms. The Morgan fingerprint density at radius 1 is 0.317 bits per heavy atom. The Labute approximate surface area is 348 Å². The molecule has 0 fully saturated rings. The van der Waals surface area contributed by atoms with Crippen LogP contribution in [-0.2, 0) is 0 Å². The van der Waals surface area contributed by atoms with Gasteiger partial charge in [-0.15, -0.1) is 0 Å². The molecular weight excluding hydrogens is 731 g/mol. The van der Waals surface area contributed by atoms with E-state index in [4.69, 9.17) is 19.9 Å². The van der Waals surface area contributed by atoms with Crippen LogP contribution in [0.4, 0.5) is 0 Å². The predicted octanol–water partition coefficient (Wildman–Crippen LogP) is 13.6. The standard InChI is InChI=1S/C55H35N5/c56-36-45-19-7-8-24-46(45)42-21-14-23-44(34-42)51-35-52(59-54(58-51)39-17-5-2-6-18-39)48-26-10-9-25-47(48)43-22-13-20-41(33-43)37-29-31-40(32-30-37)55-57-50-28-12-11-27-49(50)53(60-55)38-15-3-1-4-16-38/h1-35H. The Kier molecular flexibility index (Phi) is 9.55. The van der Waals surface area contributed by atoms with E-state index in [2.05, 4.69) is 115 Å². The summed E-state index contributed by atoms with van der Waals surface area (Å²) in [6.07, 6.45) is 0. The fourth-order valence-corrected chi connectivity index (χ4v) is 7.79. The molecule has 2 aromatic heterocycles. The number of fused-ring (bicyclic) bond motifs is 1. The lowest BCUT2D eigenvalue weighted by atomic mass is 9.93. The molecule has 0 amide bonds. The molecular formula is C55H35N5. The van der Waals surface area contributed by atoms with E-state index in [1.54, 1.807) is 0 Å². The van der Waals surface area contributed by atoms with E-state index in [9.17, 15) is 5.26 Å². The Hall–Kier alpha value is -8.33. The van der Waals surface area contributed by atoms with Crippen LogP contribution in [0.5, 0.6) is 0 Å². The zero-order chi connectivity index (χ0) is 40.3. The van der Waals surface area contributed by atoms with Gasteiger partial charge >= 0.3 is 0 Å². The molecule has 0 saturated heterocycles. The van der Waals surface area contributed by atoms with E-state index < -0.39 is 0 Å². The van der Waals surface area contributed by atoms with Crippen molar-refractivity contribution in [3.8, 4) is 96.0 Å². The minimum absolute atomic E-state index is 0.631. The fraction of sp³-hybridized carbons (Fsp3) is 0. The van der Waals surface area contributed by atoms with Crippen LogP contribution in [0.3, 0.4) is 0 Å². The molecule has 5 nitrogen and oxygen atoms in total. The lowest BCUT2D eigenvalue weighted by Crippen LogP contribution is -1.97. The van der Waals surface area contributed by atoms with E-state index >= 15 is 0 Å². The third-order valence-corrected chi connectivity index (χ3v) is 10.8. The summed E-state index contributed by atoms with van der Waals surface area (Å²) < 4.78 is 0. The maximum absolute atomic E-state index is 9.84. The van der Waals surface area contributed by atoms with E-state index in [-0.39, 0.29) is 0 Å². The first-order valence-corrected chi connectivity index (χ1v) is 19.9. The molecule has 60 heavy (non-hydrogen) atoms. The van der Waals surface area contributed by atoms with Crippen LogP contribution in [0, 0.1) is 11.3 Å². The highest BCUT2D eigenvalue weighted by atomic mass is 14.9. The van der Waals surface area contributed by atoms with Crippen LogP contribution in [0.1, 0.15) is 5.56 Å². The maximum Gasteiger partial charge on any atom is 0.160 e. The van der Waals surface area contributed by atoms with Crippen molar-refractivity contribution in [1.29, 1.82) is 5.26 Å². The minimum atomic E-state index is 0.631. The number of hydrogen-bond donors (Lipinski definition) is 0. The number of nitriles is 1. The van der Waals surface area contributed by atoms with Crippen molar-refractivity contribution in [2.75, 3.05) is 0 Å². The molecule has 10 aromatic rings. The quantitative estimate of drug-likeness (QED) is 0.154. The summed E-state index contributed by atoms with van der Waals surface area (Å²) >= 11 is 0. The lowest BCUT2D eigenvalue weighted by Gasteiger charge is -2.14. The van der Waals surface area contributed by atoms with Gasteiger partial charge in [0.25, 0.3) is 0 Å². The van der Waals surface area contributed by atoms with Crippen LogP contribution in [0.2, 0.25) is 0 Å². The van der Waals surface area contributed by atoms with Gasteiger partial charge in [0.15, 0.2) is 11.6 Å². The van der Waals surface area contributed by atoms with Crippen LogP contribution in [-0.4, -0.2) is 19.9 Å². The molecule has 0 atom stereocenters. The summed E-state index contributed by atoms with van der Waals surface area (Å²) in [6.45, 7) is 0. The fourth-order valence-electron chi connectivity index (χ4n) is 7.79. The first-order chi connectivity index (χ1) is 29.7. The maximum atomic E-state index is 9.84. The second-order valence-corrected chi connectivity index (χ2v) is 14.5. The lowest BCUT2D eigenvalue weighted by molar-refractivity contribution is 1.18. The molecule has 0 aliphatic carbocycles. The molecule has 8 aromatic carbocycles. The highest BCUT2D eigenvalue weighted by molar-refractivity contribution is 5.94. The zero-order valence-electron chi connectivity index (χ0n) is 32.4. The van der Waals surface area contributed by atoms with E-state index in [1.807, 2.05) is 103 Å². The van der Waals surface area contributed by atoms with Crippen molar-refractivity contribution in [2.24, 2.45) is 0 Å². The Bertz CT molecular complexity index is 3210. The second kappa shape index (κ2) is 15.9. The van der Waals surface area contributed by atoms with Gasteiger partial charge in [-0.05, 0) is 63.7 Å². The number of rotatable bonds is 8. The van der Waals surface area contributed by atoms with Crippen LogP contribution in [0.15, 0.2) is 212 Å². The highest BCUT2D eigenvalue weighted by Crippen LogP contribution is 2.37. The number of aromatic nitrogens is 4. The van der Waals surface area contributed by atoms with Gasteiger partial charge in [-0.1, -0.05) is 182 Å². The number of benzene rings is 8. The topological polar surface area (TPSA) is 75.3 Å². The molecule has 280 valence electrons. The van der Waals surface area contributed by atoms with Gasteiger partial charge < -0.3 is 0 Å². The normalized spacial score (nSPS) is 11.0. The van der Waals surface area contributed by atoms with E-state index in [0.29, 0.717) is 17.2 Å². The van der Waals surface area contributed by atoms with Crippen molar-refractivity contribution in [2.45, 2.75) is 0 Å². The molecule has 0 aliphatic rings. The van der Waals surface area contributed by atoms with Crippen LogP contribution >= 0.6 is 0 Å². The molecule has 0 radical (unpaired) electrons. The van der Waals surface area contributed by atoms with Gasteiger partial charge in [0.05, 0.1) is 34.2 Å². The van der Waals surface area contributed by atoms with Crippen molar-refractivity contribution >= 4 is 10.9 Å². The predicted molar refractivity (Wildman–Crippen MR) is 243 cm³/mol. The number of nitrogens with zero attached hydrogens (tertiary/aromatic N) is 5. The number of hydrogen-bond acceptors (Lipinski definition) is 5. The molecule has 10 rings (SSSR count). The van der Waals surface area contributed by atoms with Gasteiger partial charge in [0.2, 0.25) is 0 Å². The summed E-state index contributed by atoms with van der Waals surface area (Å²) in [5.41, 5.74) is 15.1. The summed E-state index contributed by atoms with van der Waals surface area (Å²) in [7, 11) is 0. The smallest absolute Gasteiger partial charge is 0.160 e. The van der Waals surface area contributed by atoms with Crippen molar-refractivity contribution in [3.63, 3.8) is 0 Å². The molecule has 0 spiro atoms. The van der Waals surface area contributed by atoms with Crippen molar-refractivity contribution in [3.05, 3.63) is 218 Å². The summed E-state index contributed by atoms with van der Waals surface area (Å²) in [5, 5.41) is 10.9. The third-order valence-electron chi connectivity index (χ3n) is 10.8. The van der Waals surface area contributed by atoms with Gasteiger partial charge in [-0.2, -0.15) is 5.26 Å². The average Bonchev–Trinajstić information content (AvgIpc) is 3.34. The van der Waals surface area contributed by atoms with Gasteiger partial charge in [-0.25, -0.2) is 19.9 Å². The molecule has 2 heterocycles. The van der Waals surface area contributed by atoms with Crippen molar-refractivity contribution < 1.29 is 0 Å². The number of para-hydroxylation sites is 1. The third kappa shape index (κ3) is 7.11. The van der Waals surface area contributed by atoms with Gasteiger partial charge in [0.1, 0.15) is 0 Å². The highest BCUT2D eigenvalue weighted by Gasteiger charge is 2.16. The van der Waals surface area contributed by atoms with Gasteiger partial charge in [0, 0.05) is 33.2 Å². The SMILES string of the molecule is N#Cc1ccccc1-c1cccc(-c2cc(-c3ccccc3-c3cccc(-c4ccc(-c5nc(-c6ccccc6)c6ccccc6n5)cc4)c3)nc(-c3ccccc3)n2)c1. The summed E-state index contributed by atoms with van der Waals surface area (Å²) in [4.78, 5) is 20.4. The average molecular weight is 766 g/mol. The first kappa shape index (κ1) is 36.0. The molecule has 0 unspecified atom stereocenters. The molecule has 0 aliphatic heterocycles. The van der Waals surface area contributed by atoms with Crippen LogP contribution in [0.25, 0.3) is 101 Å². The van der Waals surface area contributed by atoms with Gasteiger partial charge in [-0.3, -0.25) is 0 Å². The van der Waals surface area contributed by atoms with E-state index in [1.165, 1.54) is 0 Å². The molecule has 0 saturated carbocycles. The Balaban J connectivity index is 1.02. The Morgan fingerprint density at radius 3 is 1.60 bits per heavy atom. The largest absolute Gasteiger partial charge is 0.228 e. The van der Waals surface area contributed by atoms with Crippen LogP contribution < -0.4 is 0 Å². The second-order valence-electron chi connectivity index (χ2n) is 14.5. The first-order valence-electron chi connectivity index (χ1n) is 19.9. The van der Waals surface area contributed by atoms with E-state index in [0.717, 1.165) is 89.2 Å².